The molecule has 0 aliphatic carbocycles. The molecule has 1 amide bonds. The van der Waals surface area contributed by atoms with Gasteiger partial charge in [-0.3, -0.25) is 0 Å². The minimum atomic E-state index is -0.174. The van der Waals surface area contributed by atoms with Crippen LogP contribution in [0.4, 0.5) is 4.79 Å². The van der Waals surface area contributed by atoms with E-state index in [4.69, 9.17) is 4.74 Å². The second kappa shape index (κ2) is 5.47. The van der Waals surface area contributed by atoms with Gasteiger partial charge in [-0.15, -0.1) is 0 Å². The van der Waals surface area contributed by atoms with Gasteiger partial charge in [-0.25, -0.2) is 4.79 Å². The van der Waals surface area contributed by atoms with Crippen LogP contribution in [-0.4, -0.2) is 30.7 Å². The average molecular weight is 195 g/mol. The Labute approximate surface area is 85.0 Å². The molecule has 0 spiro atoms. The molecule has 0 saturated carbocycles. The third kappa shape index (κ3) is 3.24. The second-order valence-corrected chi connectivity index (χ2v) is 3.42. The third-order valence-electron chi connectivity index (χ3n) is 2.31. The molecular formula is C11H17NO2. The van der Waals surface area contributed by atoms with Crippen LogP contribution in [0.5, 0.6) is 0 Å². The molecule has 1 aliphatic rings. The van der Waals surface area contributed by atoms with E-state index in [9.17, 15) is 4.79 Å². The van der Waals surface area contributed by atoms with Gasteiger partial charge in [-0.05, 0) is 19.3 Å². The summed E-state index contributed by atoms with van der Waals surface area (Å²) in [5.74, 6) is 0. The summed E-state index contributed by atoms with van der Waals surface area (Å²) in [5, 5.41) is 0. The van der Waals surface area contributed by atoms with Gasteiger partial charge in [-0.2, -0.15) is 0 Å². The predicted octanol–water partition coefficient (Wildman–Crippen LogP) is 2.35. The Morgan fingerprint density at radius 3 is 2.93 bits per heavy atom. The van der Waals surface area contributed by atoms with E-state index < -0.39 is 0 Å². The number of carbonyl (C=O) groups excluding carboxylic acids is 1. The van der Waals surface area contributed by atoms with E-state index in [1.54, 1.807) is 11.0 Å². The van der Waals surface area contributed by atoms with Gasteiger partial charge < -0.3 is 9.64 Å². The lowest BCUT2D eigenvalue weighted by atomic mass is 10.1. The van der Waals surface area contributed by atoms with E-state index in [0.29, 0.717) is 6.61 Å². The minimum Gasteiger partial charge on any atom is -0.448 e. The molecule has 3 heteroatoms. The van der Waals surface area contributed by atoms with E-state index in [0.717, 1.165) is 37.9 Å². The highest BCUT2D eigenvalue weighted by Gasteiger charge is 2.20. The predicted molar refractivity (Wildman–Crippen MR) is 56.1 cm³/mol. The van der Waals surface area contributed by atoms with Gasteiger partial charge in [0.1, 0.15) is 6.61 Å². The molecule has 0 radical (unpaired) electrons. The molecular weight excluding hydrogens is 178 g/mol. The van der Waals surface area contributed by atoms with Crippen LogP contribution in [0.2, 0.25) is 0 Å². The molecule has 0 aromatic rings. The van der Waals surface area contributed by atoms with Crippen LogP contribution in [0.15, 0.2) is 24.8 Å². The topological polar surface area (TPSA) is 29.5 Å². The van der Waals surface area contributed by atoms with Crippen molar-refractivity contribution in [3.8, 4) is 0 Å². The molecule has 0 aromatic heterocycles. The lowest BCUT2D eigenvalue weighted by Crippen LogP contribution is -2.25. The van der Waals surface area contributed by atoms with Crippen LogP contribution < -0.4 is 0 Å². The first-order valence-electron chi connectivity index (χ1n) is 4.96. The number of hydrogen-bond acceptors (Lipinski definition) is 2. The number of carbonyl (C=O) groups is 1. The Morgan fingerprint density at radius 2 is 2.36 bits per heavy atom. The highest BCUT2D eigenvalue weighted by molar-refractivity contribution is 5.69. The molecule has 0 atom stereocenters. The normalized spacial score (nSPS) is 15.4. The molecule has 14 heavy (non-hydrogen) atoms. The molecule has 78 valence electrons. The summed E-state index contributed by atoms with van der Waals surface area (Å²) in [6.07, 6.45) is 4.63. The Kier molecular flexibility index (Phi) is 4.23. The zero-order valence-electron chi connectivity index (χ0n) is 8.50. The first-order chi connectivity index (χ1) is 6.74. The fourth-order valence-electron chi connectivity index (χ4n) is 1.39. The maximum absolute atomic E-state index is 11.0. The molecule has 1 heterocycles. The summed E-state index contributed by atoms with van der Waals surface area (Å²) >= 11 is 0. The van der Waals surface area contributed by atoms with Crippen molar-refractivity contribution >= 4 is 6.09 Å². The van der Waals surface area contributed by atoms with Crippen LogP contribution in [0.25, 0.3) is 0 Å². The SMILES string of the molecule is C=CC(=C)CCCCN1CCOC1=O. The summed E-state index contributed by atoms with van der Waals surface area (Å²) in [7, 11) is 0. The largest absolute Gasteiger partial charge is 0.448 e. The number of nitrogens with zero attached hydrogens (tertiary/aromatic N) is 1. The molecule has 0 bridgehead atoms. The summed E-state index contributed by atoms with van der Waals surface area (Å²) in [4.78, 5) is 12.8. The summed E-state index contributed by atoms with van der Waals surface area (Å²) in [6, 6.07) is 0. The fourth-order valence-corrected chi connectivity index (χ4v) is 1.39. The molecule has 0 N–H and O–H groups in total. The Balaban J connectivity index is 2.06. The number of cyclic esters (lactones) is 1. The maximum Gasteiger partial charge on any atom is 0.409 e. The van der Waals surface area contributed by atoms with Crippen molar-refractivity contribution in [2.75, 3.05) is 19.7 Å². The van der Waals surface area contributed by atoms with E-state index in [1.807, 2.05) is 0 Å². The van der Waals surface area contributed by atoms with Gasteiger partial charge >= 0.3 is 6.09 Å². The van der Waals surface area contributed by atoms with E-state index >= 15 is 0 Å². The average Bonchev–Trinajstić information content (AvgIpc) is 2.58. The standard InChI is InChI=1S/C11H17NO2/c1-3-10(2)6-4-5-7-12-8-9-14-11(12)13/h3H,1-2,4-9H2. The van der Waals surface area contributed by atoms with Crippen molar-refractivity contribution in [3.05, 3.63) is 24.8 Å². The minimum absolute atomic E-state index is 0.174. The first kappa shape index (κ1) is 10.8. The lowest BCUT2D eigenvalue weighted by Gasteiger charge is -2.11. The molecule has 1 rings (SSSR count). The van der Waals surface area contributed by atoms with Crippen LogP contribution in [0, 0.1) is 0 Å². The number of unbranched alkanes of at least 4 members (excludes halogenated alkanes) is 1. The quantitative estimate of drug-likeness (QED) is 0.481. The van der Waals surface area contributed by atoms with Crippen molar-refractivity contribution in [2.24, 2.45) is 0 Å². The molecule has 3 nitrogen and oxygen atoms in total. The zero-order valence-corrected chi connectivity index (χ0v) is 8.50. The number of amides is 1. The van der Waals surface area contributed by atoms with Crippen molar-refractivity contribution in [1.29, 1.82) is 0 Å². The van der Waals surface area contributed by atoms with Crippen LogP contribution in [0.3, 0.4) is 0 Å². The molecule has 0 aromatic carbocycles. The number of hydrogen-bond donors (Lipinski definition) is 0. The van der Waals surface area contributed by atoms with Crippen molar-refractivity contribution in [1.82, 2.24) is 4.90 Å². The van der Waals surface area contributed by atoms with Crippen molar-refractivity contribution < 1.29 is 9.53 Å². The molecule has 1 fully saturated rings. The van der Waals surface area contributed by atoms with Gasteiger partial charge in [0.05, 0.1) is 6.54 Å². The summed E-state index contributed by atoms with van der Waals surface area (Å²) in [5.41, 5.74) is 1.06. The Bertz CT molecular complexity index is 235. The van der Waals surface area contributed by atoms with Gasteiger partial charge in [0.15, 0.2) is 0 Å². The smallest absolute Gasteiger partial charge is 0.409 e. The Hall–Kier alpha value is -1.25. The Morgan fingerprint density at radius 1 is 1.57 bits per heavy atom. The van der Waals surface area contributed by atoms with Gasteiger partial charge in [0, 0.05) is 6.54 Å². The highest BCUT2D eigenvalue weighted by Crippen LogP contribution is 2.09. The van der Waals surface area contributed by atoms with Crippen molar-refractivity contribution in [3.63, 3.8) is 0 Å². The second-order valence-electron chi connectivity index (χ2n) is 3.42. The molecule has 1 saturated heterocycles. The van der Waals surface area contributed by atoms with E-state index in [2.05, 4.69) is 13.2 Å². The third-order valence-corrected chi connectivity index (χ3v) is 2.31. The summed E-state index contributed by atoms with van der Waals surface area (Å²) < 4.78 is 4.82. The highest BCUT2D eigenvalue weighted by atomic mass is 16.6. The van der Waals surface area contributed by atoms with Gasteiger partial charge in [0.2, 0.25) is 0 Å². The first-order valence-corrected chi connectivity index (χ1v) is 4.96. The van der Waals surface area contributed by atoms with E-state index in [1.165, 1.54) is 0 Å². The van der Waals surface area contributed by atoms with Gasteiger partial charge in [0.25, 0.3) is 0 Å². The number of allylic oxidation sites excluding steroid dienone is 2. The van der Waals surface area contributed by atoms with E-state index in [-0.39, 0.29) is 6.09 Å². The lowest BCUT2D eigenvalue weighted by molar-refractivity contribution is 0.158. The molecule has 1 aliphatic heterocycles. The molecule has 0 unspecified atom stereocenters. The number of rotatable bonds is 6. The maximum atomic E-state index is 11.0. The summed E-state index contributed by atoms with van der Waals surface area (Å²) in [6.45, 7) is 9.55. The van der Waals surface area contributed by atoms with Crippen LogP contribution in [0.1, 0.15) is 19.3 Å². The number of ether oxygens (including phenoxy) is 1. The zero-order chi connectivity index (χ0) is 10.4. The van der Waals surface area contributed by atoms with Crippen LogP contribution >= 0.6 is 0 Å². The van der Waals surface area contributed by atoms with Gasteiger partial charge in [-0.1, -0.05) is 24.8 Å². The fraction of sp³-hybridized carbons (Fsp3) is 0.545. The van der Waals surface area contributed by atoms with Crippen LogP contribution in [-0.2, 0) is 4.74 Å². The van der Waals surface area contributed by atoms with Crippen molar-refractivity contribution in [2.45, 2.75) is 19.3 Å². The monoisotopic (exact) mass is 195 g/mol.